The van der Waals surface area contributed by atoms with Crippen molar-refractivity contribution >= 4 is 5.97 Å². The van der Waals surface area contributed by atoms with Gasteiger partial charge in [0.25, 0.3) is 0 Å². The number of aliphatic carboxylic acids is 1. The van der Waals surface area contributed by atoms with Gasteiger partial charge in [0.15, 0.2) is 6.10 Å². The third-order valence-corrected chi connectivity index (χ3v) is 2.73. The van der Waals surface area contributed by atoms with Gasteiger partial charge in [-0.2, -0.15) is 0 Å². The van der Waals surface area contributed by atoms with E-state index in [1.807, 2.05) is 44.2 Å². The van der Waals surface area contributed by atoms with Gasteiger partial charge in [-0.1, -0.05) is 44.2 Å². The number of hydrogen-bond donors (Lipinski definition) is 1. The number of ether oxygens (including phenoxy) is 1. The molecule has 17 heavy (non-hydrogen) atoms. The first-order valence-corrected chi connectivity index (χ1v) is 6.04. The number of carboxylic acids is 1. The van der Waals surface area contributed by atoms with Crippen molar-refractivity contribution in [3.63, 3.8) is 0 Å². The topological polar surface area (TPSA) is 46.5 Å². The van der Waals surface area contributed by atoms with E-state index in [9.17, 15) is 4.79 Å². The molecule has 0 radical (unpaired) electrons. The Morgan fingerprint density at radius 3 is 2.53 bits per heavy atom. The van der Waals surface area contributed by atoms with Gasteiger partial charge in [-0.25, -0.2) is 4.79 Å². The molecule has 0 spiro atoms. The molecule has 2 atom stereocenters. The van der Waals surface area contributed by atoms with Crippen molar-refractivity contribution in [2.45, 2.75) is 38.7 Å². The van der Waals surface area contributed by atoms with Crippen molar-refractivity contribution in [3.05, 3.63) is 35.9 Å². The summed E-state index contributed by atoms with van der Waals surface area (Å²) in [7, 11) is 0. The Kier molecular flexibility index (Phi) is 5.70. The van der Waals surface area contributed by atoms with Crippen LogP contribution in [0.25, 0.3) is 0 Å². The summed E-state index contributed by atoms with van der Waals surface area (Å²) in [6.07, 6.45) is 0.646. The van der Waals surface area contributed by atoms with Crippen molar-refractivity contribution in [1.82, 2.24) is 0 Å². The first kappa shape index (κ1) is 13.7. The standard InChI is InChI=1S/C14H20O3/c1-3-9-17-13(14(15)16)10-11(2)12-7-5-4-6-8-12/h4-8,11,13H,3,9-10H2,1-2H3,(H,15,16). The fourth-order valence-electron chi connectivity index (χ4n) is 1.74. The molecule has 0 fully saturated rings. The second-order valence-electron chi connectivity index (χ2n) is 4.25. The average Bonchev–Trinajstić information content (AvgIpc) is 2.35. The lowest BCUT2D eigenvalue weighted by atomic mass is 9.95. The summed E-state index contributed by atoms with van der Waals surface area (Å²) < 4.78 is 5.35. The Morgan fingerprint density at radius 2 is 2.00 bits per heavy atom. The Labute approximate surface area is 102 Å². The van der Waals surface area contributed by atoms with E-state index in [-0.39, 0.29) is 5.92 Å². The molecule has 0 aliphatic rings. The minimum absolute atomic E-state index is 0.189. The molecule has 1 aromatic carbocycles. The zero-order valence-electron chi connectivity index (χ0n) is 10.4. The zero-order chi connectivity index (χ0) is 12.7. The van der Waals surface area contributed by atoms with Gasteiger partial charge in [-0.05, 0) is 24.3 Å². The van der Waals surface area contributed by atoms with E-state index in [1.165, 1.54) is 0 Å². The Morgan fingerprint density at radius 1 is 1.35 bits per heavy atom. The predicted octanol–water partition coefficient (Wildman–Crippen LogP) is 3.06. The molecule has 1 rings (SSSR count). The van der Waals surface area contributed by atoms with Crippen LogP contribution in [-0.2, 0) is 9.53 Å². The summed E-state index contributed by atoms with van der Waals surface area (Å²) in [5.41, 5.74) is 1.15. The third-order valence-electron chi connectivity index (χ3n) is 2.73. The van der Waals surface area contributed by atoms with Crippen LogP contribution < -0.4 is 0 Å². The molecule has 0 bridgehead atoms. The molecule has 0 heterocycles. The van der Waals surface area contributed by atoms with E-state index < -0.39 is 12.1 Å². The summed E-state index contributed by atoms with van der Waals surface area (Å²) in [6.45, 7) is 4.50. The minimum atomic E-state index is -0.874. The lowest BCUT2D eigenvalue weighted by Gasteiger charge is -2.18. The molecule has 0 aliphatic carbocycles. The van der Waals surface area contributed by atoms with Crippen LogP contribution in [0.15, 0.2) is 30.3 Å². The van der Waals surface area contributed by atoms with Gasteiger partial charge in [0, 0.05) is 6.61 Å². The van der Waals surface area contributed by atoms with Crippen molar-refractivity contribution < 1.29 is 14.6 Å². The lowest BCUT2D eigenvalue weighted by Crippen LogP contribution is -2.26. The van der Waals surface area contributed by atoms with Gasteiger partial charge in [-0.15, -0.1) is 0 Å². The quantitative estimate of drug-likeness (QED) is 0.791. The van der Waals surface area contributed by atoms with Gasteiger partial charge in [0.1, 0.15) is 0 Å². The van der Waals surface area contributed by atoms with Gasteiger partial charge in [0.2, 0.25) is 0 Å². The molecule has 0 amide bonds. The minimum Gasteiger partial charge on any atom is -0.479 e. The van der Waals surface area contributed by atoms with Gasteiger partial charge >= 0.3 is 5.97 Å². The smallest absolute Gasteiger partial charge is 0.332 e. The molecule has 0 saturated heterocycles. The zero-order valence-corrected chi connectivity index (χ0v) is 10.4. The van der Waals surface area contributed by atoms with E-state index in [0.29, 0.717) is 13.0 Å². The van der Waals surface area contributed by atoms with E-state index in [4.69, 9.17) is 9.84 Å². The second kappa shape index (κ2) is 7.07. The van der Waals surface area contributed by atoms with Crippen LogP contribution in [0.2, 0.25) is 0 Å². The fraction of sp³-hybridized carbons (Fsp3) is 0.500. The van der Waals surface area contributed by atoms with Crippen LogP contribution in [0.5, 0.6) is 0 Å². The highest BCUT2D eigenvalue weighted by Gasteiger charge is 2.21. The van der Waals surface area contributed by atoms with Crippen LogP contribution in [-0.4, -0.2) is 23.8 Å². The molecule has 1 N–H and O–H groups in total. The molecular formula is C14H20O3. The molecule has 94 valence electrons. The van der Waals surface area contributed by atoms with Crippen LogP contribution in [0, 0.1) is 0 Å². The first-order valence-electron chi connectivity index (χ1n) is 6.04. The molecule has 2 unspecified atom stereocenters. The predicted molar refractivity (Wildman–Crippen MR) is 67.1 cm³/mol. The molecule has 0 aromatic heterocycles. The van der Waals surface area contributed by atoms with Crippen LogP contribution in [0.4, 0.5) is 0 Å². The number of hydrogen-bond acceptors (Lipinski definition) is 2. The van der Waals surface area contributed by atoms with Crippen molar-refractivity contribution in [3.8, 4) is 0 Å². The SMILES string of the molecule is CCCOC(CC(C)c1ccccc1)C(=O)O. The van der Waals surface area contributed by atoms with Crippen LogP contribution >= 0.6 is 0 Å². The maximum atomic E-state index is 11.0. The highest BCUT2D eigenvalue weighted by molar-refractivity contribution is 5.72. The molecule has 3 nitrogen and oxygen atoms in total. The summed E-state index contributed by atoms with van der Waals surface area (Å²) in [5, 5.41) is 9.07. The molecule has 0 aliphatic heterocycles. The molecular weight excluding hydrogens is 216 g/mol. The summed E-state index contributed by atoms with van der Waals surface area (Å²) in [5.74, 6) is -0.685. The number of carbonyl (C=O) groups is 1. The van der Waals surface area contributed by atoms with Crippen LogP contribution in [0.3, 0.4) is 0 Å². The van der Waals surface area contributed by atoms with Crippen molar-refractivity contribution in [1.29, 1.82) is 0 Å². The first-order chi connectivity index (χ1) is 8.15. The number of rotatable bonds is 7. The van der Waals surface area contributed by atoms with E-state index in [0.717, 1.165) is 12.0 Å². The second-order valence-corrected chi connectivity index (χ2v) is 4.25. The normalized spacial score (nSPS) is 14.2. The summed E-state index contributed by atoms with van der Waals surface area (Å²) in [6, 6.07) is 9.92. The molecule has 0 saturated carbocycles. The highest BCUT2D eigenvalue weighted by Crippen LogP contribution is 2.21. The molecule has 3 heteroatoms. The third kappa shape index (κ3) is 4.57. The van der Waals surface area contributed by atoms with E-state index in [1.54, 1.807) is 0 Å². The highest BCUT2D eigenvalue weighted by atomic mass is 16.5. The maximum absolute atomic E-state index is 11.0. The number of benzene rings is 1. The van der Waals surface area contributed by atoms with Crippen molar-refractivity contribution in [2.24, 2.45) is 0 Å². The Balaban J connectivity index is 2.58. The fourth-order valence-corrected chi connectivity index (χ4v) is 1.74. The lowest BCUT2D eigenvalue weighted by molar-refractivity contribution is -0.151. The monoisotopic (exact) mass is 236 g/mol. The largest absolute Gasteiger partial charge is 0.479 e. The van der Waals surface area contributed by atoms with Crippen molar-refractivity contribution in [2.75, 3.05) is 6.61 Å². The van der Waals surface area contributed by atoms with Crippen LogP contribution in [0.1, 0.15) is 38.2 Å². The van der Waals surface area contributed by atoms with Gasteiger partial charge in [-0.3, -0.25) is 0 Å². The summed E-state index contributed by atoms with van der Waals surface area (Å²) in [4.78, 5) is 11.0. The van der Waals surface area contributed by atoms with Gasteiger partial charge < -0.3 is 9.84 Å². The molecule has 1 aromatic rings. The number of carboxylic acid groups (broad SMARTS) is 1. The van der Waals surface area contributed by atoms with E-state index in [2.05, 4.69) is 0 Å². The van der Waals surface area contributed by atoms with Gasteiger partial charge in [0.05, 0.1) is 0 Å². The Hall–Kier alpha value is -1.35. The summed E-state index contributed by atoms with van der Waals surface area (Å²) >= 11 is 0. The maximum Gasteiger partial charge on any atom is 0.332 e. The average molecular weight is 236 g/mol. The Bertz CT molecular complexity index is 335. The van der Waals surface area contributed by atoms with E-state index >= 15 is 0 Å².